The van der Waals surface area contributed by atoms with Crippen molar-refractivity contribution in [3.63, 3.8) is 0 Å². The molecule has 0 atom stereocenters. The molecule has 0 saturated carbocycles. The van der Waals surface area contributed by atoms with Crippen LogP contribution in [-0.2, 0) is 4.79 Å². The molecule has 1 amide bonds. The number of carbonyl (C=O) groups excluding carboxylic acids is 1. The van der Waals surface area contributed by atoms with Gasteiger partial charge in [0.05, 0.1) is 11.3 Å². The fraction of sp³-hybridized carbons (Fsp3) is 0.174. The number of aromatic nitrogens is 4. The first-order chi connectivity index (χ1) is 15.5. The lowest BCUT2D eigenvalue weighted by Crippen LogP contribution is -2.33. The van der Waals surface area contributed by atoms with Gasteiger partial charge in [0.2, 0.25) is 5.91 Å². The smallest absolute Gasteiger partial charge is 0.322 e. The van der Waals surface area contributed by atoms with Crippen molar-refractivity contribution in [1.82, 2.24) is 24.8 Å². The van der Waals surface area contributed by atoms with Gasteiger partial charge in [0.15, 0.2) is 11.6 Å². The van der Waals surface area contributed by atoms with E-state index in [4.69, 9.17) is 10.5 Å². The van der Waals surface area contributed by atoms with E-state index in [1.165, 1.54) is 24.5 Å². The summed E-state index contributed by atoms with van der Waals surface area (Å²) in [7, 11) is 0. The third-order valence-electron chi connectivity index (χ3n) is 5.07. The molecule has 3 aromatic rings. The van der Waals surface area contributed by atoms with E-state index in [0.29, 0.717) is 42.0 Å². The molecule has 2 N–H and O–H groups in total. The zero-order valence-electron chi connectivity index (χ0n) is 17.5. The minimum atomic E-state index is -0.595. The van der Waals surface area contributed by atoms with Crippen LogP contribution in [-0.4, -0.2) is 43.8 Å². The van der Waals surface area contributed by atoms with Crippen molar-refractivity contribution >= 4 is 17.3 Å². The molecule has 2 aromatic heterocycles. The second-order valence-corrected chi connectivity index (χ2v) is 7.18. The summed E-state index contributed by atoms with van der Waals surface area (Å²) < 4.78 is 20.4. The lowest BCUT2D eigenvalue weighted by molar-refractivity contribution is -0.125. The molecule has 4 rings (SSSR count). The predicted octanol–water partition coefficient (Wildman–Crippen LogP) is 3.56. The number of amides is 1. The van der Waals surface area contributed by atoms with E-state index in [-0.39, 0.29) is 23.5 Å². The van der Waals surface area contributed by atoms with Gasteiger partial charge in [-0.2, -0.15) is 0 Å². The highest BCUT2D eigenvalue weighted by Gasteiger charge is 2.21. The maximum Gasteiger partial charge on any atom is 0.322 e. The molecule has 8 nitrogen and oxygen atoms in total. The number of hydrogen-bond acceptors (Lipinski definition) is 7. The van der Waals surface area contributed by atoms with Gasteiger partial charge in [0.1, 0.15) is 12.1 Å². The molecule has 3 heterocycles. The highest BCUT2D eigenvalue weighted by Crippen LogP contribution is 2.36. The van der Waals surface area contributed by atoms with Gasteiger partial charge >= 0.3 is 6.01 Å². The SMILES string of the molecule is C=CC(=O)N1CC=C(c2ncnc(N)c2-c2ccc(Oc3nccc(C)n3)c(F)c2)CC1. The number of hydrogen-bond donors (Lipinski definition) is 1. The summed E-state index contributed by atoms with van der Waals surface area (Å²) >= 11 is 0. The Morgan fingerprint density at radius 2 is 2.12 bits per heavy atom. The lowest BCUT2D eigenvalue weighted by Gasteiger charge is -2.26. The van der Waals surface area contributed by atoms with E-state index < -0.39 is 5.82 Å². The summed E-state index contributed by atoms with van der Waals surface area (Å²) in [6.07, 6.45) is 6.71. The summed E-state index contributed by atoms with van der Waals surface area (Å²) in [5, 5.41) is 0. The van der Waals surface area contributed by atoms with Crippen molar-refractivity contribution in [2.45, 2.75) is 13.3 Å². The Labute approximate surface area is 184 Å². The average molecular weight is 432 g/mol. The number of rotatable bonds is 5. The van der Waals surface area contributed by atoms with Crippen LogP contribution in [0.1, 0.15) is 17.8 Å². The van der Waals surface area contributed by atoms with Gasteiger partial charge in [-0.15, -0.1) is 0 Å². The number of ether oxygens (including phenoxy) is 1. The van der Waals surface area contributed by atoms with E-state index in [1.54, 1.807) is 30.2 Å². The van der Waals surface area contributed by atoms with Crippen LogP contribution in [0.15, 0.2) is 55.5 Å². The number of halogens is 1. The minimum absolute atomic E-state index is 0.00761. The zero-order valence-corrected chi connectivity index (χ0v) is 17.5. The molecule has 0 unspecified atom stereocenters. The van der Waals surface area contributed by atoms with Crippen LogP contribution < -0.4 is 10.5 Å². The molecular weight excluding hydrogens is 411 g/mol. The fourth-order valence-electron chi connectivity index (χ4n) is 3.45. The Bertz CT molecular complexity index is 1230. The number of benzene rings is 1. The lowest BCUT2D eigenvalue weighted by atomic mass is 9.96. The van der Waals surface area contributed by atoms with Crippen LogP contribution in [0.5, 0.6) is 11.8 Å². The summed E-state index contributed by atoms with van der Waals surface area (Å²) in [4.78, 5) is 30.1. The van der Waals surface area contributed by atoms with Crippen LogP contribution in [0.25, 0.3) is 16.7 Å². The third-order valence-corrected chi connectivity index (χ3v) is 5.07. The molecule has 1 aliphatic heterocycles. The number of aryl methyl sites for hydroxylation is 1. The van der Waals surface area contributed by atoms with Gasteiger partial charge in [-0.3, -0.25) is 4.79 Å². The van der Waals surface area contributed by atoms with Gasteiger partial charge in [0.25, 0.3) is 0 Å². The van der Waals surface area contributed by atoms with Crippen molar-refractivity contribution in [1.29, 1.82) is 0 Å². The molecule has 162 valence electrons. The topological polar surface area (TPSA) is 107 Å². The Balaban J connectivity index is 1.66. The van der Waals surface area contributed by atoms with E-state index in [9.17, 15) is 9.18 Å². The van der Waals surface area contributed by atoms with Crippen LogP contribution in [0.3, 0.4) is 0 Å². The molecule has 1 aromatic carbocycles. The number of anilines is 1. The second kappa shape index (κ2) is 8.93. The molecule has 0 bridgehead atoms. The standard InChI is InChI=1S/C23H21FN6O2/c1-3-19(31)30-10-7-15(8-11-30)21-20(22(25)28-13-27-21)16-4-5-18(17(24)12-16)32-23-26-9-6-14(2)29-23/h3-7,9,12-13H,1,8,10-11H2,2H3,(H2,25,27,28). The summed E-state index contributed by atoms with van der Waals surface area (Å²) in [6, 6.07) is 6.28. The van der Waals surface area contributed by atoms with Gasteiger partial charge in [-0.25, -0.2) is 24.3 Å². The molecule has 32 heavy (non-hydrogen) atoms. The fourth-order valence-corrected chi connectivity index (χ4v) is 3.45. The van der Waals surface area contributed by atoms with Crippen LogP contribution in [0, 0.1) is 12.7 Å². The Hall–Kier alpha value is -4.14. The number of carbonyl (C=O) groups is 1. The van der Waals surface area contributed by atoms with Gasteiger partial charge in [-0.05, 0) is 48.8 Å². The molecule has 0 saturated heterocycles. The van der Waals surface area contributed by atoms with Crippen molar-refractivity contribution in [3.8, 4) is 22.9 Å². The molecule has 1 aliphatic rings. The first-order valence-corrected chi connectivity index (χ1v) is 9.95. The molecular formula is C23H21FN6O2. The average Bonchev–Trinajstić information content (AvgIpc) is 2.80. The van der Waals surface area contributed by atoms with E-state index >= 15 is 0 Å². The second-order valence-electron chi connectivity index (χ2n) is 7.18. The van der Waals surface area contributed by atoms with Gasteiger partial charge < -0.3 is 15.4 Å². The first-order valence-electron chi connectivity index (χ1n) is 9.95. The van der Waals surface area contributed by atoms with E-state index in [2.05, 4.69) is 26.5 Å². The Morgan fingerprint density at radius 3 is 2.81 bits per heavy atom. The normalized spacial score (nSPS) is 13.4. The van der Waals surface area contributed by atoms with Crippen LogP contribution >= 0.6 is 0 Å². The molecule has 9 heteroatoms. The number of nitrogens with zero attached hydrogens (tertiary/aromatic N) is 5. The van der Waals surface area contributed by atoms with E-state index in [0.717, 1.165) is 5.57 Å². The molecule has 0 fully saturated rings. The summed E-state index contributed by atoms with van der Waals surface area (Å²) in [6.45, 7) is 6.27. The highest BCUT2D eigenvalue weighted by atomic mass is 19.1. The van der Waals surface area contributed by atoms with Crippen molar-refractivity contribution in [2.75, 3.05) is 18.8 Å². The van der Waals surface area contributed by atoms with Crippen molar-refractivity contribution in [3.05, 3.63) is 72.7 Å². The molecule has 0 spiro atoms. The largest absolute Gasteiger partial charge is 0.421 e. The molecule has 0 radical (unpaired) electrons. The van der Waals surface area contributed by atoms with Crippen molar-refractivity contribution in [2.24, 2.45) is 0 Å². The van der Waals surface area contributed by atoms with Gasteiger partial charge in [-0.1, -0.05) is 18.7 Å². The molecule has 0 aliphatic carbocycles. The minimum Gasteiger partial charge on any atom is -0.421 e. The quantitative estimate of drug-likeness (QED) is 0.614. The predicted molar refractivity (Wildman–Crippen MR) is 118 cm³/mol. The first kappa shape index (κ1) is 21.1. The Kier molecular flexibility index (Phi) is 5.89. The van der Waals surface area contributed by atoms with Crippen molar-refractivity contribution < 1.29 is 13.9 Å². The summed E-state index contributed by atoms with van der Waals surface area (Å²) in [5.74, 6) is -0.498. The maximum absolute atomic E-state index is 14.9. The van der Waals surface area contributed by atoms with Gasteiger partial charge in [0, 0.05) is 25.0 Å². The third kappa shape index (κ3) is 4.31. The Morgan fingerprint density at radius 1 is 1.28 bits per heavy atom. The van der Waals surface area contributed by atoms with Crippen LogP contribution in [0.4, 0.5) is 10.2 Å². The summed E-state index contributed by atoms with van der Waals surface area (Å²) in [5.41, 5.74) is 9.43. The van der Waals surface area contributed by atoms with E-state index in [1.807, 2.05) is 6.08 Å². The highest BCUT2D eigenvalue weighted by molar-refractivity contribution is 5.89. The monoisotopic (exact) mass is 432 g/mol. The maximum atomic E-state index is 14.9. The zero-order chi connectivity index (χ0) is 22.7. The number of nitrogens with two attached hydrogens (primary N) is 1. The van der Waals surface area contributed by atoms with Crippen LogP contribution in [0.2, 0.25) is 0 Å². The number of nitrogen functional groups attached to an aromatic ring is 1.